The maximum Gasteiger partial charge on any atom is 0.303 e. The molecule has 1 amide bonds. The van der Waals surface area contributed by atoms with Crippen molar-refractivity contribution in [2.45, 2.75) is 50.7 Å². The molecule has 0 bridgehead atoms. The van der Waals surface area contributed by atoms with Crippen molar-refractivity contribution in [3.8, 4) is 17.2 Å². The number of carboxylic acids is 1. The maximum absolute atomic E-state index is 13.2. The highest BCUT2D eigenvalue weighted by Crippen LogP contribution is 2.46. The molecule has 2 aromatic carbocycles. The first kappa shape index (κ1) is 28.0. The van der Waals surface area contributed by atoms with Crippen molar-refractivity contribution >= 4 is 23.5 Å². The number of likely N-dealkylation sites (tertiary alicyclic amines) is 1. The summed E-state index contributed by atoms with van der Waals surface area (Å²) in [4.78, 5) is 30.7. The van der Waals surface area contributed by atoms with Crippen molar-refractivity contribution in [1.29, 1.82) is 0 Å². The Morgan fingerprint density at radius 2 is 1.88 bits per heavy atom. The lowest BCUT2D eigenvalue weighted by molar-refractivity contribution is -0.138. The smallest absolute Gasteiger partial charge is 0.303 e. The molecule has 212 valence electrons. The molecular formula is C30H34ClN3O6. The fourth-order valence-corrected chi connectivity index (χ4v) is 5.96. The Bertz CT molecular complexity index is 1370. The lowest BCUT2D eigenvalue weighted by Crippen LogP contribution is -2.38. The first-order valence-electron chi connectivity index (χ1n) is 13.6. The number of halogens is 1. The van der Waals surface area contributed by atoms with E-state index in [0.717, 1.165) is 29.7 Å². The van der Waals surface area contributed by atoms with E-state index >= 15 is 0 Å². The van der Waals surface area contributed by atoms with Gasteiger partial charge in [0.05, 0.1) is 19.9 Å². The summed E-state index contributed by atoms with van der Waals surface area (Å²) in [5, 5.41) is 9.55. The van der Waals surface area contributed by atoms with Gasteiger partial charge in [-0.3, -0.25) is 9.59 Å². The average molecular weight is 568 g/mol. The molecule has 0 saturated carbocycles. The predicted octanol–water partition coefficient (Wildman–Crippen LogP) is 5.59. The molecule has 10 heteroatoms. The highest BCUT2D eigenvalue weighted by Gasteiger charge is 2.34. The van der Waals surface area contributed by atoms with Crippen LogP contribution in [0.2, 0.25) is 5.02 Å². The summed E-state index contributed by atoms with van der Waals surface area (Å²) >= 11 is 6.47. The number of carbonyl (C=O) groups excluding carboxylic acids is 1. The van der Waals surface area contributed by atoms with Gasteiger partial charge in [-0.05, 0) is 55.9 Å². The Labute approximate surface area is 238 Å². The number of aromatic nitrogens is 2. The van der Waals surface area contributed by atoms with Crippen molar-refractivity contribution < 1.29 is 28.9 Å². The van der Waals surface area contributed by atoms with Crippen LogP contribution in [0.25, 0.3) is 5.69 Å². The second kappa shape index (κ2) is 12.3. The summed E-state index contributed by atoms with van der Waals surface area (Å²) in [5.41, 5.74) is 2.54. The van der Waals surface area contributed by atoms with E-state index in [1.807, 2.05) is 52.1 Å². The van der Waals surface area contributed by atoms with Crippen LogP contribution in [0.5, 0.6) is 11.5 Å². The normalized spacial score (nSPS) is 18.9. The molecule has 3 heterocycles. The van der Waals surface area contributed by atoms with Gasteiger partial charge in [0.2, 0.25) is 5.91 Å². The number of rotatable bonds is 9. The highest BCUT2D eigenvalue weighted by atomic mass is 35.5. The minimum atomic E-state index is -0.769. The van der Waals surface area contributed by atoms with E-state index in [1.165, 1.54) is 0 Å². The fourth-order valence-electron chi connectivity index (χ4n) is 5.78. The van der Waals surface area contributed by atoms with Crippen molar-refractivity contribution in [2.24, 2.45) is 5.92 Å². The number of benzene rings is 2. The zero-order valence-corrected chi connectivity index (χ0v) is 23.5. The Morgan fingerprint density at radius 3 is 2.60 bits per heavy atom. The van der Waals surface area contributed by atoms with Crippen molar-refractivity contribution in [2.75, 3.05) is 27.3 Å². The van der Waals surface area contributed by atoms with E-state index in [0.29, 0.717) is 60.6 Å². The molecule has 5 rings (SSSR count). The minimum Gasteiger partial charge on any atom is -0.493 e. The lowest BCUT2D eigenvalue weighted by atomic mass is 9.92. The molecule has 1 aromatic heterocycles. The van der Waals surface area contributed by atoms with Gasteiger partial charge in [-0.1, -0.05) is 23.7 Å². The van der Waals surface area contributed by atoms with Gasteiger partial charge in [0.15, 0.2) is 11.5 Å². The van der Waals surface area contributed by atoms with Crippen molar-refractivity contribution in [3.63, 3.8) is 0 Å². The number of ether oxygens (including phenoxy) is 3. The van der Waals surface area contributed by atoms with Crippen molar-refractivity contribution in [3.05, 3.63) is 70.8 Å². The van der Waals surface area contributed by atoms with E-state index in [4.69, 9.17) is 30.9 Å². The number of amides is 1. The average Bonchev–Trinajstić information content (AvgIpc) is 3.41. The molecule has 2 aliphatic rings. The van der Waals surface area contributed by atoms with Crippen LogP contribution in [0.15, 0.2) is 48.8 Å². The summed E-state index contributed by atoms with van der Waals surface area (Å²) in [7, 11) is 3.20. The molecule has 40 heavy (non-hydrogen) atoms. The number of carbonyl (C=O) groups is 2. The van der Waals surface area contributed by atoms with Crippen LogP contribution in [0.4, 0.5) is 0 Å². The van der Waals surface area contributed by atoms with Gasteiger partial charge in [-0.2, -0.15) is 0 Å². The molecule has 2 aliphatic heterocycles. The van der Waals surface area contributed by atoms with E-state index in [-0.39, 0.29) is 12.3 Å². The van der Waals surface area contributed by atoms with Crippen LogP contribution in [0.1, 0.15) is 67.7 Å². The maximum atomic E-state index is 13.2. The number of para-hydroxylation sites is 1. The standard InChI is InChI=1S/C30H34ClN3O6/c1-38-24-5-3-4-21(29(24)39-2)28-22-18-20(31)7-8-23(22)34-17-14-32-30(34)25(40-28)9-10-26(35)33-15-12-19(13-16-33)6-11-27(36)37/h3-5,7-8,14,17-19,25,28H,6,9-13,15-16H2,1-2H3,(H,36,37). The van der Waals surface area contributed by atoms with Gasteiger partial charge >= 0.3 is 5.97 Å². The molecule has 9 nitrogen and oxygen atoms in total. The Hall–Kier alpha value is -3.56. The zero-order chi connectivity index (χ0) is 28.2. The van der Waals surface area contributed by atoms with Gasteiger partial charge in [0, 0.05) is 54.5 Å². The number of methoxy groups -OCH3 is 2. The zero-order valence-electron chi connectivity index (χ0n) is 22.7. The second-order valence-electron chi connectivity index (χ2n) is 10.2. The van der Waals surface area contributed by atoms with Gasteiger partial charge in [0.25, 0.3) is 0 Å². The summed E-state index contributed by atoms with van der Waals surface area (Å²) in [5.74, 6) is 1.52. The van der Waals surface area contributed by atoms with E-state index in [2.05, 4.69) is 4.98 Å². The van der Waals surface area contributed by atoms with Crippen LogP contribution < -0.4 is 9.47 Å². The van der Waals surface area contributed by atoms with Gasteiger partial charge in [-0.25, -0.2) is 4.98 Å². The number of carboxylic acid groups (broad SMARTS) is 1. The quantitative estimate of drug-likeness (QED) is 0.359. The number of aliphatic carboxylic acids is 1. The largest absolute Gasteiger partial charge is 0.493 e. The molecule has 2 unspecified atom stereocenters. The molecule has 1 saturated heterocycles. The molecule has 1 fully saturated rings. The number of hydrogen-bond acceptors (Lipinski definition) is 6. The molecule has 3 aromatic rings. The monoisotopic (exact) mass is 567 g/mol. The SMILES string of the molecule is COc1cccc(C2OC(CCC(=O)N3CCC(CCC(=O)O)CC3)c3nccn3-c3ccc(Cl)cc32)c1OC. The number of nitrogens with zero attached hydrogens (tertiary/aromatic N) is 3. The van der Waals surface area contributed by atoms with E-state index in [9.17, 15) is 9.59 Å². The minimum absolute atomic E-state index is 0.0682. The number of hydrogen-bond donors (Lipinski definition) is 1. The lowest BCUT2D eigenvalue weighted by Gasteiger charge is -2.32. The summed E-state index contributed by atoms with van der Waals surface area (Å²) in [6, 6.07) is 11.4. The number of fused-ring (bicyclic) bond motifs is 3. The van der Waals surface area contributed by atoms with Crippen molar-refractivity contribution in [1.82, 2.24) is 14.5 Å². The molecule has 0 spiro atoms. The summed E-state index contributed by atoms with van der Waals surface area (Å²) in [6.45, 7) is 1.30. The molecule has 1 N–H and O–H groups in total. The van der Waals surface area contributed by atoms with E-state index < -0.39 is 18.2 Å². The van der Waals surface area contributed by atoms with Crippen LogP contribution in [0, 0.1) is 5.92 Å². The Balaban J connectivity index is 1.39. The van der Waals surface area contributed by atoms with Gasteiger partial charge < -0.3 is 28.8 Å². The van der Waals surface area contributed by atoms with Gasteiger partial charge in [0.1, 0.15) is 18.0 Å². The van der Waals surface area contributed by atoms with Crippen LogP contribution in [0.3, 0.4) is 0 Å². The third kappa shape index (κ3) is 5.81. The number of piperidine rings is 1. The molecule has 0 aliphatic carbocycles. The fraction of sp³-hybridized carbons (Fsp3) is 0.433. The predicted molar refractivity (Wildman–Crippen MR) is 149 cm³/mol. The van der Waals surface area contributed by atoms with Crippen LogP contribution in [-0.4, -0.2) is 58.7 Å². The number of imidazole rings is 1. The summed E-state index contributed by atoms with van der Waals surface area (Å²) < 4.78 is 20.1. The third-order valence-corrected chi connectivity index (χ3v) is 8.09. The summed E-state index contributed by atoms with van der Waals surface area (Å²) in [6.07, 6.45) is 5.86. The first-order chi connectivity index (χ1) is 19.4. The second-order valence-corrected chi connectivity index (χ2v) is 10.7. The molecular weight excluding hydrogens is 534 g/mol. The third-order valence-electron chi connectivity index (χ3n) is 7.86. The Morgan fingerprint density at radius 1 is 1.07 bits per heavy atom. The first-order valence-corrected chi connectivity index (χ1v) is 14.0. The van der Waals surface area contributed by atoms with E-state index in [1.54, 1.807) is 20.4 Å². The van der Waals surface area contributed by atoms with Crippen LogP contribution in [-0.2, 0) is 14.3 Å². The molecule has 2 atom stereocenters. The van der Waals surface area contributed by atoms with Crippen LogP contribution >= 0.6 is 11.6 Å². The topological polar surface area (TPSA) is 103 Å². The molecule has 0 radical (unpaired) electrons. The Kier molecular flexibility index (Phi) is 8.61. The van der Waals surface area contributed by atoms with Gasteiger partial charge in [-0.15, -0.1) is 0 Å². The highest BCUT2D eigenvalue weighted by molar-refractivity contribution is 6.30.